The van der Waals surface area contributed by atoms with Gasteiger partial charge in [-0.25, -0.2) is 8.42 Å². The molecule has 0 aliphatic carbocycles. The molecule has 160 valence electrons. The van der Waals surface area contributed by atoms with Gasteiger partial charge >= 0.3 is 6.18 Å². The molecule has 31 heavy (non-hydrogen) atoms. The summed E-state index contributed by atoms with van der Waals surface area (Å²) in [6, 6.07) is 10.3. The first-order chi connectivity index (χ1) is 14.7. The van der Waals surface area contributed by atoms with Crippen LogP contribution in [0.3, 0.4) is 0 Å². The number of rotatable bonds is 6. The number of benzene rings is 2. The molecule has 3 rings (SSSR count). The lowest BCUT2D eigenvalue weighted by Crippen LogP contribution is -2.15. The fourth-order valence-electron chi connectivity index (χ4n) is 3.01. The van der Waals surface area contributed by atoms with Crippen LogP contribution in [0.1, 0.15) is 18.1 Å². The van der Waals surface area contributed by atoms with Gasteiger partial charge in [0.2, 0.25) is 0 Å². The summed E-state index contributed by atoms with van der Waals surface area (Å²) in [6.45, 7) is 5.33. The average Bonchev–Trinajstić information content (AvgIpc) is 2.74. The summed E-state index contributed by atoms with van der Waals surface area (Å²) in [5, 5.41) is 0. The van der Waals surface area contributed by atoms with E-state index in [2.05, 4.69) is 21.4 Å². The summed E-state index contributed by atoms with van der Waals surface area (Å²) in [7, 11) is -4.31. The minimum absolute atomic E-state index is 0.0909. The molecular weight excluding hydrogens is 427 g/mol. The quantitative estimate of drug-likeness (QED) is 0.478. The maximum atomic E-state index is 13.0. The van der Waals surface area contributed by atoms with Crippen LogP contribution in [0.4, 0.5) is 24.5 Å². The lowest BCUT2D eigenvalue weighted by atomic mass is 9.98. The number of hydrogen-bond acceptors (Lipinski definition) is 4. The summed E-state index contributed by atoms with van der Waals surface area (Å²) >= 11 is 0. The van der Waals surface area contributed by atoms with E-state index in [1.54, 1.807) is 43.6 Å². The Morgan fingerprint density at radius 3 is 2.52 bits per heavy atom. The predicted octanol–water partition coefficient (Wildman–Crippen LogP) is 5.93. The van der Waals surface area contributed by atoms with Crippen molar-refractivity contribution in [1.82, 2.24) is 4.98 Å². The van der Waals surface area contributed by atoms with Gasteiger partial charge in [-0.3, -0.25) is 14.7 Å². The second kappa shape index (κ2) is 8.73. The molecule has 0 saturated carbocycles. The smallest absolute Gasteiger partial charge is 0.277 e. The van der Waals surface area contributed by atoms with Gasteiger partial charge in [0.15, 0.2) is 0 Å². The van der Waals surface area contributed by atoms with Crippen molar-refractivity contribution in [2.24, 2.45) is 4.99 Å². The van der Waals surface area contributed by atoms with Crippen molar-refractivity contribution in [1.29, 1.82) is 0 Å². The number of hydrogen-bond donors (Lipinski definition) is 1. The van der Waals surface area contributed by atoms with Crippen molar-refractivity contribution in [3.8, 4) is 11.1 Å². The van der Waals surface area contributed by atoms with Gasteiger partial charge in [0.25, 0.3) is 10.0 Å². The summed E-state index contributed by atoms with van der Waals surface area (Å²) in [5.74, 6) is 0. The number of halogens is 3. The molecule has 0 aliphatic rings. The first-order valence-electron chi connectivity index (χ1n) is 9.04. The van der Waals surface area contributed by atoms with Crippen molar-refractivity contribution >= 4 is 34.2 Å². The van der Waals surface area contributed by atoms with Crippen molar-refractivity contribution in [2.45, 2.75) is 18.0 Å². The van der Waals surface area contributed by atoms with Crippen LogP contribution in [0.25, 0.3) is 17.2 Å². The Bertz CT molecular complexity index is 1240. The fourth-order valence-corrected chi connectivity index (χ4v) is 4.13. The lowest BCUT2D eigenvalue weighted by molar-refractivity contribution is -0.137. The third kappa shape index (κ3) is 4.83. The van der Waals surface area contributed by atoms with Crippen molar-refractivity contribution in [3.05, 3.63) is 78.1 Å². The van der Waals surface area contributed by atoms with E-state index in [9.17, 15) is 21.6 Å². The molecule has 1 N–H and O–H groups in total. The molecule has 0 atom stereocenters. The van der Waals surface area contributed by atoms with Gasteiger partial charge in [0.1, 0.15) is 0 Å². The number of pyridine rings is 1. The highest BCUT2D eigenvalue weighted by atomic mass is 32.2. The molecule has 5 nitrogen and oxygen atoms in total. The Labute approximate surface area is 178 Å². The van der Waals surface area contributed by atoms with Crippen molar-refractivity contribution in [3.63, 3.8) is 0 Å². The van der Waals surface area contributed by atoms with E-state index in [0.29, 0.717) is 11.6 Å². The van der Waals surface area contributed by atoms with Crippen LogP contribution in [-0.4, -0.2) is 20.1 Å². The minimum Gasteiger partial charge on any atom is -0.277 e. The number of aromatic nitrogens is 1. The number of sulfonamides is 1. The summed E-state index contributed by atoms with van der Waals surface area (Å²) in [4.78, 5) is 7.56. The van der Waals surface area contributed by atoms with E-state index in [0.717, 1.165) is 29.3 Å². The third-order valence-corrected chi connectivity index (χ3v) is 5.76. The topological polar surface area (TPSA) is 71.4 Å². The van der Waals surface area contributed by atoms with Gasteiger partial charge in [-0.05, 0) is 49.5 Å². The Morgan fingerprint density at radius 2 is 1.90 bits per heavy atom. The summed E-state index contributed by atoms with van der Waals surface area (Å²) < 4.78 is 66.9. The molecule has 0 spiro atoms. The normalized spacial score (nSPS) is 12.1. The third-order valence-electron chi connectivity index (χ3n) is 4.40. The zero-order chi connectivity index (χ0) is 22.6. The number of allylic oxidation sites excluding steroid dienone is 1. The van der Waals surface area contributed by atoms with Crippen LogP contribution in [-0.2, 0) is 16.2 Å². The molecular formula is C22H18F3N3O2S. The molecule has 0 bridgehead atoms. The van der Waals surface area contributed by atoms with Crippen LogP contribution in [0.5, 0.6) is 0 Å². The number of aliphatic imine (C=N–C) groups is 1. The molecule has 1 aromatic heterocycles. The maximum Gasteiger partial charge on any atom is 0.416 e. The fraction of sp³-hybridized carbons (Fsp3) is 0.0909. The van der Waals surface area contributed by atoms with E-state index < -0.39 is 26.7 Å². The van der Waals surface area contributed by atoms with Crippen molar-refractivity contribution in [2.75, 3.05) is 4.72 Å². The summed E-state index contributed by atoms with van der Waals surface area (Å²) in [6.07, 6.45) is 2.12. The zero-order valence-corrected chi connectivity index (χ0v) is 17.2. The van der Waals surface area contributed by atoms with Gasteiger partial charge in [0, 0.05) is 23.5 Å². The molecule has 9 heteroatoms. The Hall–Kier alpha value is -3.46. The first-order valence-corrected chi connectivity index (χ1v) is 10.5. The minimum atomic E-state index is -4.66. The monoisotopic (exact) mass is 445 g/mol. The Balaban J connectivity index is 2.10. The number of nitrogens with one attached hydrogen (secondary N) is 1. The van der Waals surface area contributed by atoms with Crippen LogP contribution in [0.15, 0.2) is 76.9 Å². The molecule has 3 aromatic rings. The average molecular weight is 445 g/mol. The molecule has 0 aliphatic heterocycles. The number of alkyl halides is 3. The van der Waals surface area contributed by atoms with Gasteiger partial charge in [0.05, 0.1) is 21.8 Å². The van der Waals surface area contributed by atoms with Gasteiger partial charge in [-0.1, -0.05) is 30.4 Å². The van der Waals surface area contributed by atoms with E-state index in [1.165, 1.54) is 6.07 Å². The molecule has 0 radical (unpaired) electrons. The number of nitrogens with zero attached hydrogens (tertiary/aromatic N) is 2. The van der Waals surface area contributed by atoms with E-state index in [-0.39, 0.29) is 11.4 Å². The highest BCUT2D eigenvalue weighted by Gasteiger charge is 2.31. The SMILES string of the molecule is C=Nc1c(NS(=O)(=O)c2cccc(C(F)(F)F)c2)ccc(-c2cccnc2)c1/C=C\C. The zero-order valence-electron chi connectivity index (χ0n) is 16.4. The molecule has 0 amide bonds. The van der Waals surface area contributed by atoms with Crippen LogP contribution in [0, 0.1) is 0 Å². The Kier molecular flexibility index (Phi) is 6.26. The second-order valence-corrected chi connectivity index (χ2v) is 8.14. The van der Waals surface area contributed by atoms with Gasteiger partial charge in [-0.2, -0.15) is 13.2 Å². The predicted molar refractivity (Wildman–Crippen MR) is 116 cm³/mol. The molecule has 0 unspecified atom stereocenters. The number of anilines is 1. The van der Waals surface area contributed by atoms with Gasteiger partial charge in [-0.15, -0.1) is 0 Å². The second-order valence-electron chi connectivity index (χ2n) is 6.45. The molecule has 0 saturated heterocycles. The summed E-state index contributed by atoms with van der Waals surface area (Å²) in [5.41, 5.74) is 1.40. The molecule has 2 aromatic carbocycles. The Morgan fingerprint density at radius 1 is 1.13 bits per heavy atom. The van der Waals surface area contributed by atoms with Crippen molar-refractivity contribution < 1.29 is 21.6 Å². The highest BCUT2D eigenvalue weighted by molar-refractivity contribution is 7.92. The largest absolute Gasteiger partial charge is 0.416 e. The van der Waals surface area contributed by atoms with Gasteiger partial charge < -0.3 is 0 Å². The van der Waals surface area contributed by atoms with Crippen LogP contribution >= 0.6 is 0 Å². The standard InChI is InChI=1S/C22H18F3N3O2S/c1-3-6-19-18(15-7-5-12-27-14-15)10-11-20(21(19)26-2)28-31(29,30)17-9-4-8-16(13-17)22(23,24)25/h3-14,28H,2H2,1H3/b6-3-. The maximum absolute atomic E-state index is 13.0. The van der Waals surface area contributed by atoms with Crippen LogP contribution in [0.2, 0.25) is 0 Å². The van der Waals surface area contributed by atoms with E-state index in [4.69, 9.17) is 0 Å². The van der Waals surface area contributed by atoms with Crippen LogP contribution < -0.4 is 4.72 Å². The highest BCUT2D eigenvalue weighted by Crippen LogP contribution is 2.39. The molecule has 0 fully saturated rings. The van der Waals surface area contributed by atoms with E-state index >= 15 is 0 Å². The van der Waals surface area contributed by atoms with E-state index in [1.807, 2.05) is 6.07 Å². The first kappa shape index (κ1) is 22.2. The lowest BCUT2D eigenvalue weighted by Gasteiger charge is -2.16. The molecule has 1 heterocycles.